The first-order chi connectivity index (χ1) is 9.45. The smallest absolute Gasteiger partial charge is 0.148 e. The average Bonchev–Trinajstić information content (AvgIpc) is 2.84. The van der Waals surface area contributed by atoms with Gasteiger partial charge >= 0.3 is 0 Å². The Hall–Kier alpha value is -1.40. The molecule has 0 amide bonds. The van der Waals surface area contributed by atoms with Crippen LogP contribution in [0.4, 0.5) is 11.6 Å². The Morgan fingerprint density at radius 2 is 1.85 bits per heavy atom. The zero-order valence-electron chi connectivity index (χ0n) is 12.5. The van der Waals surface area contributed by atoms with Crippen molar-refractivity contribution in [2.24, 2.45) is 5.84 Å². The number of hydrogen-bond donors (Lipinski definition) is 4. The van der Waals surface area contributed by atoms with Crippen LogP contribution in [0.15, 0.2) is 0 Å². The van der Waals surface area contributed by atoms with E-state index in [1.807, 2.05) is 20.8 Å². The minimum absolute atomic E-state index is 0.220. The van der Waals surface area contributed by atoms with Crippen molar-refractivity contribution >= 4 is 11.6 Å². The molecule has 1 fully saturated rings. The Morgan fingerprint density at radius 1 is 1.25 bits per heavy atom. The summed E-state index contributed by atoms with van der Waals surface area (Å²) in [6.07, 6.45) is 3.88. The highest BCUT2D eigenvalue weighted by atomic mass is 16.3. The molecule has 0 spiro atoms. The van der Waals surface area contributed by atoms with Crippen LogP contribution in [0, 0.1) is 6.92 Å². The van der Waals surface area contributed by atoms with Gasteiger partial charge in [-0.15, -0.1) is 0 Å². The van der Waals surface area contributed by atoms with Gasteiger partial charge in [0, 0.05) is 18.0 Å². The summed E-state index contributed by atoms with van der Waals surface area (Å²) in [7, 11) is 0. The number of anilines is 2. The fourth-order valence-corrected chi connectivity index (χ4v) is 2.56. The molecule has 6 nitrogen and oxygen atoms in total. The Bertz CT molecular complexity index is 469. The normalized spacial score (nSPS) is 17.5. The fraction of sp³-hybridized carbons (Fsp3) is 0.714. The molecule has 0 unspecified atom stereocenters. The molecule has 0 bridgehead atoms. The van der Waals surface area contributed by atoms with E-state index in [1.54, 1.807) is 0 Å². The van der Waals surface area contributed by atoms with Crippen LogP contribution < -0.4 is 16.6 Å². The summed E-state index contributed by atoms with van der Waals surface area (Å²) in [5, 5.41) is 13.7. The summed E-state index contributed by atoms with van der Waals surface area (Å²) in [4.78, 5) is 8.94. The minimum Gasteiger partial charge on any atom is -0.388 e. The molecule has 1 saturated carbocycles. The average molecular weight is 279 g/mol. The molecule has 6 heteroatoms. The van der Waals surface area contributed by atoms with Gasteiger partial charge in [0.05, 0.1) is 5.60 Å². The van der Waals surface area contributed by atoms with E-state index in [-0.39, 0.29) is 5.92 Å². The van der Waals surface area contributed by atoms with Gasteiger partial charge in [0.15, 0.2) is 0 Å². The third kappa shape index (κ3) is 3.19. The lowest BCUT2D eigenvalue weighted by atomic mass is 10.0. The molecule has 0 atom stereocenters. The molecule has 1 aliphatic rings. The topological polar surface area (TPSA) is 96.1 Å². The molecule has 5 N–H and O–H groups in total. The van der Waals surface area contributed by atoms with Crippen LogP contribution in [0.5, 0.6) is 0 Å². The highest BCUT2D eigenvalue weighted by Gasteiger charge is 2.31. The van der Waals surface area contributed by atoms with Gasteiger partial charge in [0.2, 0.25) is 0 Å². The highest BCUT2D eigenvalue weighted by Crippen LogP contribution is 2.30. The van der Waals surface area contributed by atoms with Crippen LogP contribution in [0.3, 0.4) is 0 Å². The first-order valence-corrected chi connectivity index (χ1v) is 7.26. The van der Waals surface area contributed by atoms with Crippen LogP contribution >= 0.6 is 0 Å². The quantitative estimate of drug-likeness (QED) is 0.486. The summed E-state index contributed by atoms with van der Waals surface area (Å²) in [6, 6.07) is 0. The van der Waals surface area contributed by atoms with Crippen molar-refractivity contribution in [1.82, 2.24) is 9.97 Å². The molecule has 0 saturated heterocycles. The molecule has 20 heavy (non-hydrogen) atoms. The summed E-state index contributed by atoms with van der Waals surface area (Å²) in [5.41, 5.74) is 2.88. The molecular weight excluding hydrogens is 254 g/mol. The SMILES string of the molecule is Cc1c(NN)nc(C(C)C)nc1NCC1(O)CCCC1. The molecule has 0 aliphatic heterocycles. The van der Waals surface area contributed by atoms with Crippen molar-refractivity contribution in [3.63, 3.8) is 0 Å². The highest BCUT2D eigenvalue weighted by molar-refractivity contribution is 5.57. The fourth-order valence-electron chi connectivity index (χ4n) is 2.56. The maximum Gasteiger partial charge on any atom is 0.148 e. The van der Waals surface area contributed by atoms with Crippen LogP contribution in [-0.4, -0.2) is 27.2 Å². The van der Waals surface area contributed by atoms with Crippen molar-refractivity contribution in [1.29, 1.82) is 0 Å². The third-order valence-corrected chi connectivity index (χ3v) is 3.94. The van der Waals surface area contributed by atoms with Gasteiger partial charge in [-0.3, -0.25) is 0 Å². The van der Waals surface area contributed by atoms with Crippen LogP contribution in [0.2, 0.25) is 0 Å². The maximum absolute atomic E-state index is 10.4. The number of nitrogens with zero attached hydrogens (tertiary/aromatic N) is 2. The van der Waals surface area contributed by atoms with Crippen molar-refractivity contribution in [3.8, 4) is 0 Å². The van der Waals surface area contributed by atoms with Crippen LogP contribution in [-0.2, 0) is 0 Å². The van der Waals surface area contributed by atoms with Crippen molar-refractivity contribution in [3.05, 3.63) is 11.4 Å². The molecule has 1 aromatic rings. The minimum atomic E-state index is -0.605. The second-order valence-electron chi connectivity index (χ2n) is 5.99. The standard InChI is InChI=1S/C14H25N5O/c1-9(2)11-17-12(10(3)13(18-11)19-15)16-8-14(20)6-4-5-7-14/h9,20H,4-8,15H2,1-3H3,(H2,16,17,18,19). The molecule has 1 aliphatic carbocycles. The number of hydrogen-bond acceptors (Lipinski definition) is 6. The van der Waals surface area contributed by atoms with Gasteiger partial charge in [0.25, 0.3) is 0 Å². The van der Waals surface area contributed by atoms with E-state index in [9.17, 15) is 5.11 Å². The molecule has 0 aromatic carbocycles. The van der Waals surface area contributed by atoms with E-state index in [1.165, 1.54) is 0 Å². The van der Waals surface area contributed by atoms with Crippen LogP contribution in [0.25, 0.3) is 0 Å². The number of nitrogens with two attached hydrogens (primary N) is 1. The number of aromatic nitrogens is 2. The van der Waals surface area contributed by atoms with Gasteiger partial charge in [-0.05, 0) is 19.8 Å². The van der Waals surface area contributed by atoms with Gasteiger partial charge in [-0.1, -0.05) is 26.7 Å². The number of nitrogens with one attached hydrogen (secondary N) is 2. The van der Waals surface area contributed by atoms with E-state index in [2.05, 4.69) is 20.7 Å². The number of nitrogen functional groups attached to an aromatic ring is 1. The van der Waals surface area contributed by atoms with Gasteiger partial charge in [-0.2, -0.15) is 0 Å². The second kappa shape index (κ2) is 5.93. The Kier molecular flexibility index (Phi) is 4.45. The molecule has 2 rings (SSSR count). The summed E-state index contributed by atoms with van der Waals surface area (Å²) < 4.78 is 0. The molecule has 1 aromatic heterocycles. The lowest BCUT2D eigenvalue weighted by molar-refractivity contribution is 0.0614. The Labute approximate surface area is 120 Å². The van der Waals surface area contributed by atoms with Gasteiger partial charge in [-0.25, -0.2) is 15.8 Å². The van der Waals surface area contributed by atoms with E-state index in [4.69, 9.17) is 5.84 Å². The van der Waals surface area contributed by atoms with Crippen molar-refractivity contribution in [2.45, 2.75) is 58.0 Å². The van der Waals surface area contributed by atoms with Crippen molar-refractivity contribution < 1.29 is 5.11 Å². The van der Waals surface area contributed by atoms with E-state index >= 15 is 0 Å². The monoisotopic (exact) mass is 279 g/mol. The summed E-state index contributed by atoms with van der Waals surface area (Å²) in [5.74, 6) is 7.85. The zero-order chi connectivity index (χ0) is 14.8. The predicted octanol–water partition coefficient (Wildman–Crippen LogP) is 1.91. The van der Waals surface area contributed by atoms with Gasteiger partial charge < -0.3 is 15.8 Å². The third-order valence-electron chi connectivity index (χ3n) is 3.94. The maximum atomic E-state index is 10.4. The lowest BCUT2D eigenvalue weighted by Gasteiger charge is -2.24. The largest absolute Gasteiger partial charge is 0.388 e. The Morgan fingerprint density at radius 3 is 2.40 bits per heavy atom. The van der Waals surface area contributed by atoms with E-state index < -0.39 is 5.60 Å². The number of aliphatic hydroxyl groups is 1. The number of hydrazine groups is 1. The van der Waals surface area contributed by atoms with E-state index in [0.717, 1.165) is 42.9 Å². The van der Waals surface area contributed by atoms with Crippen molar-refractivity contribution in [2.75, 3.05) is 17.3 Å². The number of rotatable bonds is 5. The predicted molar refractivity (Wildman–Crippen MR) is 80.6 cm³/mol. The molecular formula is C14H25N5O. The van der Waals surface area contributed by atoms with Gasteiger partial charge in [0.1, 0.15) is 17.5 Å². The first-order valence-electron chi connectivity index (χ1n) is 7.26. The van der Waals surface area contributed by atoms with E-state index in [0.29, 0.717) is 12.4 Å². The second-order valence-corrected chi connectivity index (χ2v) is 5.99. The molecule has 1 heterocycles. The summed E-state index contributed by atoms with van der Waals surface area (Å²) in [6.45, 7) is 6.52. The molecule has 112 valence electrons. The lowest BCUT2D eigenvalue weighted by Crippen LogP contribution is -2.34. The molecule has 0 radical (unpaired) electrons. The first kappa shape index (κ1) is 15.0. The Balaban J connectivity index is 2.19. The zero-order valence-corrected chi connectivity index (χ0v) is 12.5. The van der Waals surface area contributed by atoms with Crippen LogP contribution in [0.1, 0.15) is 56.8 Å². The summed E-state index contributed by atoms with van der Waals surface area (Å²) >= 11 is 0.